The van der Waals surface area contributed by atoms with Crippen molar-refractivity contribution in [2.75, 3.05) is 19.6 Å². The maximum Gasteiger partial charge on any atom is 0.418 e. The first kappa shape index (κ1) is 28.1. The number of hydrogen-bond donors (Lipinski definition) is 1. The standard InChI is InChI=1S/C32H29F3N6O3/c1-2-28(43)39-12-10-23-29-25(41(38-23)24-9-6-19(14-27(24)42)18-4-3-5-18)11-13-40(26(29)16-39)31(44)20-7-8-22(32(33,34)35)30-21(20)15-36-17-37-30/h2,6-9,14-15,17-18,26,42H,1,3-5,10-13,16H2/t26-/m0/s1. The third-order valence-corrected chi connectivity index (χ3v) is 9.17. The number of phenolic OH excluding ortho intramolecular Hbond substituents is 1. The highest BCUT2D eigenvalue weighted by Gasteiger charge is 2.41. The molecule has 2 amide bonds. The molecule has 2 aromatic heterocycles. The molecule has 4 aromatic rings. The van der Waals surface area contributed by atoms with Gasteiger partial charge in [0.2, 0.25) is 5.91 Å². The first-order valence-corrected chi connectivity index (χ1v) is 14.6. The van der Waals surface area contributed by atoms with E-state index in [4.69, 9.17) is 5.10 Å². The highest BCUT2D eigenvalue weighted by atomic mass is 19.4. The van der Waals surface area contributed by atoms with Gasteiger partial charge < -0.3 is 14.9 Å². The Balaban J connectivity index is 1.32. The van der Waals surface area contributed by atoms with Crippen molar-refractivity contribution >= 4 is 22.7 Å². The van der Waals surface area contributed by atoms with Gasteiger partial charge in [0.05, 0.1) is 34.1 Å². The molecule has 1 atom stereocenters. The van der Waals surface area contributed by atoms with Gasteiger partial charge in [0.15, 0.2) is 0 Å². The molecule has 7 rings (SSSR count). The summed E-state index contributed by atoms with van der Waals surface area (Å²) in [6.45, 7) is 4.34. The summed E-state index contributed by atoms with van der Waals surface area (Å²) < 4.78 is 43.0. The van der Waals surface area contributed by atoms with Gasteiger partial charge in [-0.25, -0.2) is 14.6 Å². The van der Waals surface area contributed by atoms with Crippen LogP contribution in [0.2, 0.25) is 0 Å². The normalized spacial score (nSPS) is 18.5. The van der Waals surface area contributed by atoms with Crippen LogP contribution in [0.25, 0.3) is 16.6 Å². The number of aromatic hydroxyl groups is 1. The van der Waals surface area contributed by atoms with Crippen LogP contribution in [0.5, 0.6) is 5.75 Å². The van der Waals surface area contributed by atoms with Crippen molar-refractivity contribution in [2.24, 2.45) is 0 Å². The lowest BCUT2D eigenvalue weighted by Gasteiger charge is -2.38. The molecule has 12 heteroatoms. The van der Waals surface area contributed by atoms with Crippen molar-refractivity contribution in [3.63, 3.8) is 0 Å². The smallest absolute Gasteiger partial charge is 0.418 e. The summed E-state index contributed by atoms with van der Waals surface area (Å²) >= 11 is 0. The van der Waals surface area contributed by atoms with Crippen molar-refractivity contribution in [1.29, 1.82) is 0 Å². The third kappa shape index (κ3) is 4.51. The molecule has 3 aliphatic rings. The Morgan fingerprint density at radius 1 is 1.09 bits per heavy atom. The second-order valence-electron chi connectivity index (χ2n) is 11.5. The molecule has 0 bridgehead atoms. The molecule has 0 unspecified atom stereocenters. The molecule has 1 saturated carbocycles. The van der Waals surface area contributed by atoms with Gasteiger partial charge in [-0.2, -0.15) is 18.3 Å². The zero-order valence-electron chi connectivity index (χ0n) is 23.7. The van der Waals surface area contributed by atoms with E-state index in [9.17, 15) is 27.9 Å². The lowest BCUT2D eigenvalue weighted by Crippen LogP contribution is -2.46. The average Bonchev–Trinajstić information content (AvgIpc) is 3.23. The third-order valence-electron chi connectivity index (χ3n) is 9.17. The van der Waals surface area contributed by atoms with E-state index in [0.717, 1.165) is 42.1 Å². The van der Waals surface area contributed by atoms with E-state index in [2.05, 4.69) is 16.5 Å². The molecular formula is C32H29F3N6O3. The molecule has 0 saturated heterocycles. The number of aromatic nitrogens is 4. The number of amides is 2. The lowest BCUT2D eigenvalue weighted by molar-refractivity contribution is -0.136. The van der Waals surface area contributed by atoms with E-state index in [1.807, 2.05) is 12.1 Å². The van der Waals surface area contributed by atoms with Crippen LogP contribution in [0, 0.1) is 0 Å². The number of carbonyl (C=O) groups excluding carboxylic acids is 2. The fraction of sp³-hybridized carbons (Fsp3) is 0.344. The number of halogens is 3. The Morgan fingerprint density at radius 2 is 1.91 bits per heavy atom. The van der Waals surface area contributed by atoms with Crippen molar-refractivity contribution in [3.8, 4) is 11.4 Å². The molecular weight excluding hydrogens is 573 g/mol. The van der Waals surface area contributed by atoms with Crippen LogP contribution < -0.4 is 0 Å². The summed E-state index contributed by atoms with van der Waals surface area (Å²) in [6, 6.07) is 7.12. The predicted octanol–water partition coefficient (Wildman–Crippen LogP) is 5.12. The average molecular weight is 603 g/mol. The van der Waals surface area contributed by atoms with Crippen molar-refractivity contribution < 1.29 is 27.9 Å². The summed E-state index contributed by atoms with van der Waals surface area (Å²) in [5, 5.41) is 16.0. The minimum atomic E-state index is -4.66. The first-order valence-electron chi connectivity index (χ1n) is 14.6. The number of carbonyl (C=O) groups is 2. The second kappa shape index (κ2) is 10.5. The Bertz CT molecular complexity index is 1830. The van der Waals surface area contributed by atoms with Crippen molar-refractivity contribution in [2.45, 2.75) is 50.2 Å². The summed E-state index contributed by atoms with van der Waals surface area (Å²) in [6.07, 6.45) is 3.01. The van der Waals surface area contributed by atoms with Crippen LogP contribution in [-0.4, -0.2) is 66.1 Å². The molecule has 226 valence electrons. The number of hydrogen-bond acceptors (Lipinski definition) is 6. The largest absolute Gasteiger partial charge is 0.506 e. The van der Waals surface area contributed by atoms with Crippen LogP contribution in [0.3, 0.4) is 0 Å². The van der Waals surface area contributed by atoms with Crippen LogP contribution >= 0.6 is 0 Å². The van der Waals surface area contributed by atoms with Gasteiger partial charge in [-0.05, 0) is 54.7 Å². The number of alkyl halides is 3. The molecule has 1 fully saturated rings. The minimum absolute atomic E-state index is 0.00170. The van der Waals surface area contributed by atoms with E-state index >= 15 is 0 Å². The van der Waals surface area contributed by atoms with E-state index in [1.54, 1.807) is 20.5 Å². The molecule has 0 spiro atoms. The van der Waals surface area contributed by atoms with Gasteiger partial charge in [-0.1, -0.05) is 19.1 Å². The van der Waals surface area contributed by atoms with Gasteiger partial charge in [0, 0.05) is 49.6 Å². The number of nitrogens with zero attached hydrogens (tertiary/aromatic N) is 6. The fourth-order valence-corrected chi connectivity index (χ4v) is 6.73. The second-order valence-corrected chi connectivity index (χ2v) is 11.5. The Labute approximate surface area is 250 Å². The molecule has 9 nitrogen and oxygen atoms in total. The number of benzene rings is 2. The fourth-order valence-electron chi connectivity index (χ4n) is 6.73. The molecule has 4 heterocycles. The SMILES string of the molecule is C=CC(=O)N1CCc2nn(-c3ccc(C4CCC4)cc3O)c3c2[C@H](C1)N(C(=O)c1ccc(C(F)(F)F)c2ncncc12)CC3. The Morgan fingerprint density at radius 3 is 2.61 bits per heavy atom. The topological polar surface area (TPSA) is 104 Å². The van der Waals surface area contributed by atoms with Crippen LogP contribution in [0.4, 0.5) is 13.2 Å². The van der Waals surface area contributed by atoms with Gasteiger partial charge in [-0.3, -0.25) is 9.59 Å². The molecule has 44 heavy (non-hydrogen) atoms. The van der Waals surface area contributed by atoms with Gasteiger partial charge in [0.25, 0.3) is 5.91 Å². The Kier molecular flexibility index (Phi) is 6.67. The first-order chi connectivity index (χ1) is 21.2. The van der Waals surface area contributed by atoms with Gasteiger partial charge in [0.1, 0.15) is 17.8 Å². The predicted molar refractivity (Wildman–Crippen MR) is 154 cm³/mol. The molecule has 0 radical (unpaired) electrons. The van der Waals surface area contributed by atoms with Crippen molar-refractivity contribution in [3.05, 3.63) is 89.2 Å². The number of phenols is 1. The highest BCUT2D eigenvalue weighted by molar-refractivity contribution is 6.07. The maximum absolute atomic E-state index is 14.2. The summed E-state index contributed by atoms with van der Waals surface area (Å²) in [5.41, 5.74) is 2.70. The quantitative estimate of drug-likeness (QED) is 0.326. The highest BCUT2D eigenvalue weighted by Crippen LogP contribution is 2.42. The van der Waals surface area contributed by atoms with Crippen LogP contribution in [0.15, 0.2) is 55.5 Å². The number of fused-ring (bicyclic) bond motifs is 1. The summed E-state index contributed by atoms with van der Waals surface area (Å²) in [4.78, 5) is 38.0. The van der Waals surface area contributed by atoms with Crippen molar-refractivity contribution in [1.82, 2.24) is 29.5 Å². The van der Waals surface area contributed by atoms with E-state index in [1.165, 1.54) is 24.8 Å². The number of rotatable bonds is 4. The molecule has 2 aliphatic heterocycles. The Hall–Kier alpha value is -4.74. The monoisotopic (exact) mass is 602 g/mol. The maximum atomic E-state index is 14.2. The summed E-state index contributed by atoms with van der Waals surface area (Å²) in [7, 11) is 0. The van der Waals surface area contributed by atoms with Gasteiger partial charge in [-0.15, -0.1) is 0 Å². The zero-order valence-corrected chi connectivity index (χ0v) is 23.7. The van der Waals surface area contributed by atoms with E-state index < -0.39 is 23.7 Å². The van der Waals surface area contributed by atoms with Gasteiger partial charge >= 0.3 is 6.18 Å². The molecule has 2 aromatic carbocycles. The zero-order chi connectivity index (χ0) is 30.7. The minimum Gasteiger partial charge on any atom is -0.506 e. The summed E-state index contributed by atoms with van der Waals surface area (Å²) in [5.74, 6) is -0.210. The van der Waals surface area contributed by atoms with E-state index in [-0.39, 0.29) is 41.2 Å². The van der Waals surface area contributed by atoms with Crippen LogP contribution in [-0.2, 0) is 23.8 Å². The van der Waals surface area contributed by atoms with E-state index in [0.29, 0.717) is 36.7 Å². The molecule has 1 N–H and O–H groups in total. The van der Waals surface area contributed by atoms with Crippen LogP contribution in [0.1, 0.15) is 69.7 Å². The lowest BCUT2D eigenvalue weighted by atomic mass is 9.80. The molecule has 1 aliphatic carbocycles.